The zero-order chi connectivity index (χ0) is 16.5. The van der Waals surface area contributed by atoms with Gasteiger partial charge in [-0.2, -0.15) is 0 Å². The maximum absolute atomic E-state index is 12.6. The quantitative estimate of drug-likeness (QED) is 0.646. The second-order valence-electron chi connectivity index (χ2n) is 5.91. The summed E-state index contributed by atoms with van der Waals surface area (Å²) >= 11 is 5.79. The van der Waals surface area contributed by atoms with E-state index in [0.29, 0.717) is 12.3 Å². The first-order valence-electron chi connectivity index (χ1n) is 8.55. The van der Waals surface area contributed by atoms with E-state index in [2.05, 4.69) is 11.8 Å². The fraction of sp³-hybridized carbons (Fsp3) is 0.706. The maximum atomic E-state index is 12.6. The third-order valence-electron chi connectivity index (χ3n) is 4.14. The number of furan rings is 1. The Morgan fingerprint density at radius 1 is 1.22 bits per heavy atom. The molecule has 0 aromatic carbocycles. The van der Waals surface area contributed by atoms with Crippen LogP contribution in [0, 0.1) is 0 Å². The lowest BCUT2D eigenvalue weighted by Gasteiger charge is -2.29. The lowest BCUT2D eigenvalue weighted by atomic mass is 10.2. The van der Waals surface area contributed by atoms with Gasteiger partial charge in [0.2, 0.25) is 0 Å². The minimum Gasteiger partial charge on any atom is -0.440 e. The lowest BCUT2D eigenvalue weighted by molar-refractivity contribution is 0.0320. The van der Waals surface area contributed by atoms with E-state index in [4.69, 9.17) is 20.8 Å². The lowest BCUT2D eigenvalue weighted by Crippen LogP contribution is -2.43. The molecule has 1 aromatic heterocycles. The largest absolute Gasteiger partial charge is 0.440 e. The Labute approximate surface area is 143 Å². The standard InChI is InChI=1S/C17H27ClN2O3/c1-2-3-4-5-8-20(10-9-19-11-13-22-14-12-19)17(21)15-6-7-16(18)23-15/h6-7H,2-5,8-14H2,1H3. The van der Waals surface area contributed by atoms with E-state index in [1.165, 1.54) is 12.8 Å². The molecule has 6 heteroatoms. The molecule has 0 spiro atoms. The molecule has 1 fully saturated rings. The molecular formula is C17H27ClN2O3. The molecule has 0 N–H and O–H groups in total. The Hall–Kier alpha value is -1.04. The van der Waals surface area contributed by atoms with Gasteiger partial charge in [-0.1, -0.05) is 26.2 Å². The highest BCUT2D eigenvalue weighted by molar-refractivity contribution is 6.29. The van der Waals surface area contributed by atoms with E-state index in [1.54, 1.807) is 12.1 Å². The number of unbranched alkanes of at least 4 members (excludes halogenated alkanes) is 3. The molecule has 0 aliphatic carbocycles. The van der Waals surface area contributed by atoms with Gasteiger partial charge in [0.05, 0.1) is 13.2 Å². The first-order valence-corrected chi connectivity index (χ1v) is 8.93. The number of morpholine rings is 1. The maximum Gasteiger partial charge on any atom is 0.289 e. The number of halogens is 1. The number of carbonyl (C=O) groups excluding carboxylic acids is 1. The van der Waals surface area contributed by atoms with Gasteiger partial charge in [0, 0.05) is 32.7 Å². The smallest absolute Gasteiger partial charge is 0.289 e. The third-order valence-corrected chi connectivity index (χ3v) is 4.35. The van der Waals surface area contributed by atoms with Crippen LogP contribution in [0.1, 0.15) is 43.2 Å². The number of ether oxygens (including phenoxy) is 1. The van der Waals surface area contributed by atoms with E-state index in [1.807, 2.05) is 4.90 Å². The van der Waals surface area contributed by atoms with Gasteiger partial charge in [-0.3, -0.25) is 9.69 Å². The zero-order valence-electron chi connectivity index (χ0n) is 13.9. The van der Waals surface area contributed by atoms with Crippen molar-refractivity contribution in [3.63, 3.8) is 0 Å². The Bertz CT molecular complexity index is 472. The highest BCUT2D eigenvalue weighted by Crippen LogP contribution is 2.16. The Balaban J connectivity index is 1.88. The molecule has 0 saturated carbocycles. The van der Waals surface area contributed by atoms with Gasteiger partial charge in [0.25, 0.3) is 5.91 Å². The molecule has 1 aliphatic rings. The van der Waals surface area contributed by atoms with Crippen molar-refractivity contribution in [3.05, 3.63) is 23.1 Å². The molecule has 0 bridgehead atoms. The first kappa shape index (κ1) is 18.3. The molecule has 0 atom stereocenters. The second-order valence-corrected chi connectivity index (χ2v) is 6.28. The summed E-state index contributed by atoms with van der Waals surface area (Å²) in [5.74, 6) is 0.258. The Kier molecular flexibility index (Phi) is 7.92. The summed E-state index contributed by atoms with van der Waals surface area (Å²) < 4.78 is 10.7. The fourth-order valence-corrected chi connectivity index (χ4v) is 2.86. The summed E-state index contributed by atoms with van der Waals surface area (Å²) in [5, 5.41) is 0.257. The number of hydrogen-bond acceptors (Lipinski definition) is 4. The molecule has 0 unspecified atom stereocenters. The van der Waals surface area contributed by atoms with Crippen LogP contribution in [0.3, 0.4) is 0 Å². The van der Waals surface area contributed by atoms with Crippen LogP contribution in [0.5, 0.6) is 0 Å². The van der Waals surface area contributed by atoms with Gasteiger partial charge < -0.3 is 14.1 Å². The normalized spacial score (nSPS) is 15.7. The van der Waals surface area contributed by atoms with Crippen molar-refractivity contribution in [2.24, 2.45) is 0 Å². The van der Waals surface area contributed by atoms with Gasteiger partial charge in [0.15, 0.2) is 11.0 Å². The molecule has 1 aliphatic heterocycles. The summed E-state index contributed by atoms with van der Waals surface area (Å²) in [7, 11) is 0. The zero-order valence-corrected chi connectivity index (χ0v) is 14.7. The molecule has 1 aromatic rings. The van der Waals surface area contributed by atoms with Gasteiger partial charge in [0.1, 0.15) is 0 Å². The molecule has 23 heavy (non-hydrogen) atoms. The van der Waals surface area contributed by atoms with Crippen LogP contribution in [0.4, 0.5) is 0 Å². The highest BCUT2D eigenvalue weighted by atomic mass is 35.5. The van der Waals surface area contributed by atoms with Crippen molar-refractivity contribution in [2.75, 3.05) is 45.9 Å². The number of carbonyl (C=O) groups is 1. The van der Waals surface area contributed by atoms with Crippen molar-refractivity contribution in [3.8, 4) is 0 Å². The van der Waals surface area contributed by atoms with Crippen molar-refractivity contribution >= 4 is 17.5 Å². The third kappa shape index (κ3) is 6.16. The SMILES string of the molecule is CCCCCCN(CCN1CCOCC1)C(=O)c1ccc(Cl)o1. The van der Waals surface area contributed by atoms with E-state index < -0.39 is 0 Å². The van der Waals surface area contributed by atoms with Crippen LogP contribution in [0.25, 0.3) is 0 Å². The van der Waals surface area contributed by atoms with E-state index in [0.717, 1.165) is 52.2 Å². The number of rotatable bonds is 9. The van der Waals surface area contributed by atoms with Crippen LogP contribution < -0.4 is 0 Å². The topological polar surface area (TPSA) is 45.9 Å². The molecule has 0 radical (unpaired) electrons. The molecule has 2 heterocycles. The van der Waals surface area contributed by atoms with Crippen LogP contribution in [0.2, 0.25) is 5.22 Å². The first-order chi connectivity index (χ1) is 11.2. The molecule has 5 nitrogen and oxygen atoms in total. The predicted molar refractivity (Wildman–Crippen MR) is 91.0 cm³/mol. The highest BCUT2D eigenvalue weighted by Gasteiger charge is 2.20. The summed E-state index contributed by atoms with van der Waals surface area (Å²) in [6.45, 7) is 7.96. The fourth-order valence-electron chi connectivity index (χ4n) is 2.72. The van der Waals surface area contributed by atoms with Gasteiger partial charge >= 0.3 is 0 Å². The van der Waals surface area contributed by atoms with E-state index >= 15 is 0 Å². The number of hydrogen-bond donors (Lipinski definition) is 0. The number of amides is 1. The molecule has 2 rings (SSSR count). The van der Waals surface area contributed by atoms with Crippen molar-refractivity contribution in [1.29, 1.82) is 0 Å². The molecular weight excluding hydrogens is 316 g/mol. The van der Waals surface area contributed by atoms with Crippen LogP contribution in [0.15, 0.2) is 16.5 Å². The minimum absolute atomic E-state index is 0.0679. The van der Waals surface area contributed by atoms with Gasteiger partial charge in [-0.05, 0) is 30.2 Å². The minimum atomic E-state index is -0.0679. The van der Waals surface area contributed by atoms with E-state index in [-0.39, 0.29) is 11.1 Å². The predicted octanol–water partition coefficient (Wildman–Crippen LogP) is 3.29. The van der Waals surface area contributed by atoms with Gasteiger partial charge in [-0.15, -0.1) is 0 Å². The summed E-state index contributed by atoms with van der Waals surface area (Å²) in [4.78, 5) is 16.9. The van der Waals surface area contributed by atoms with Crippen molar-refractivity contribution < 1.29 is 13.9 Å². The summed E-state index contributed by atoms with van der Waals surface area (Å²) in [5.41, 5.74) is 0. The van der Waals surface area contributed by atoms with Crippen molar-refractivity contribution in [2.45, 2.75) is 32.6 Å². The van der Waals surface area contributed by atoms with Crippen molar-refractivity contribution in [1.82, 2.24) is 9.80 Å². The van der Waals surface area contributed by atoms with Crippen LogP contribution >= 0.6 is 11.6 Å². The second kappa shape index (κ2) is 9.96. The Morgan fingerprint density at radius 3 is 2.65 bits per heavy atom. The summed E-state index contributed by atoms with van der Waals surface area (Å²) in [6, 6.07) is 3.27. The van der Waals surface area contributed by atoms with Crippen LogP contribution in [-0.4, -0.2) is 61.6 Å². The van der Waals surface area contributed by atoms with Crippen LogP contribution in [-0.2, 0) is 4.74 Å². The number of nitrogens with zero attached hydrogens (tertiary/aromatic N) is 2. The average Bonchev–Trinajstić information content (AvgIpc) is 3.01. The summed E-state index contributed by atoms with van der Waals surface area (Å²) in [6.07, 6.45) is 4.57. The molecule has 1 saturated heterocycles. The molecule has 1 amide bonds. The monoisotopic (exact) mass is 342 g/mol. The molecule has 130 valence electrons. The Morgan fingerprint density at radius 2 is 2.00 bits per heavy atom. The van der Waals surface area contributed by atoms with Gasteiger partial charge in [-0.25, -0.2) is 0 Å². The van der Waals surface area contributed by atoms with E-state index in [9.17, 15) is 4.79 Å². The average molecular weight is 343 g/mol.